The lowest BCUT2D eigenvalue weighted by atomic mass is 9.93. The molecule has 0 spiro atoms. The quantitative estimate of drug-likeness (QED) is 0.314. The zero-order valence-electron chi connectivity index (χ0n) is 17.6. The number of rotatable bonds is 8. The molecular weight excluding hydrogens is 485 g/mol. The molecule has 1 aromatic heterocycles. The van der Waals surface area contributed by atoms with Gasteiger partial charge in [0.15, 0.2) is 5.96 Å². The molecule has 6 nitrogen and oxygen atoms in total. The van der Waals surface area contributed by atoms with Crippen molar-refractivity contribution in [3.05, 3.63) is 22.4 Å². The van der Waals surface area contributed by atoms with Crippen LogP contribution < -0.4 is 10.6 Å². The lowest BCUT2D eigenvalue weighted by molar-refractivity contribution is -0.121. The fraction of sp³-hybridized carbons (Fsp3) is 0.700. The highest BCUT2D eigenvalue weighted by Gasteiger charge is 2.24. The molecule has 0 aliphatic carbocycles. The first-order chi connectivity index (χ1) is 13.1. The Morgan fingerprint density at radius 1 is 1.36 bits per heavy atom. The van der Waals surface area contributed by atoms with Gasteiger partial charge >= 0.3 is 0 Å². The summed E-state index contributed by atoms with van der Waals surface area (Å²) < 4.78 is 0. The van der Waals surface area contributed by atoms with Crippen molar-refractivity contribution >= 4 is 47.2 Å². The summed E-state index contributed by atoms with van der Waals surface area (Å²) in [6, 6.07) is 2.58. The zero-order valence-corrected chi connectivity index (χ0v) is 20.8. The first-order valence-electron chi connectivity index (χ1n) is 10.0. The number of likely N-dealkylation sites (N-methyl/N-ethyl adjacent to an activating group) is 1. The van der Waals surface area contributed by atoms with Crippen molar-refractivity contribution < 1.29 is 4.79 Å². The van der Waals surface area contributed by atoms with E-state index in [1.807, 2.05) is 7.05 Å². The van der Waals surface area contributed by atoms with Crippen LogP contribution in [0, 0.1) is 5.92 Å². The second kappa shape index (κ2) is 13.4. The summed E-state index contributed by atoms with van der Waals surface area (Å²) in [5.74, 6) is 1.60. The van der Waals surface area contributed by atoms with Gasteiger partial charge in [-0.25, -0.2) is 0 Å². The fourth-order valence-corrected chi connectivity index (χ4v) is 4.53. The number of halogens is 1. The number of thiophene rings is 1. The molecule has 0 saturated carbocycles. The summed E-state index contributed by atoms with van der Waals surface area (Å²) in [5, 5.41) is 10.7. The van der Waals surface area contributed by atoms with Gasteiger partial charge in [-0.15, -0.1) is 24.0 Å². The number of amides is 1. The number of likely N-dealkylation sites (tertiary alicyclic amines) is 1. The molecule has 160 valence electrons. The maximum atomic E-state index is 11.6. The average molecular weight is 522 g/mol. The van der Waals surface area contributed by atoms with E-state index in [1.165, 1.54) is 5.56 Å². The third-order valence-electron chi connectivity index (χ3n) is 5.51. The molecular formula is C20H36IN5OS. The summed E-state index contributed by atoms with van der Waals surface area (Å²) in [6.45, 7) is 9.25. The summed E-state index contributed by atoms with van der Waals surface area (Å²) >= 11 is 1.75. The number of guanidine groups is 1. The van der Waals surface area contributed by atoms with E-state index in [1.54, 1.807) is 18.4 Å². The Labute approximate surface area is 191 Å². The first-order valence-corrected chi connectivity index (χ1v) is 11.0. The summed E-state index contributed by atoms with van der Waals surface area (Å²) in [7, 11) is 3.57. The van der Waals surface area contributed by atoms with Crippen LogP contribution in [0.25, 0.3) is 0 Å². The van der Waals surface area contributed by atoms with Crippen LogP contribution in [0.15, 0.2) is 21.8 Å². The van der Waals surface area contributed by atoms with Gasteiger partial charge in [0.2, 0.25) is 5.91 Å². The van der Waals surface area contributed by atoms with Crippen LogP contribution in [0.3, 0.4) is 0 Å². The van der Waals surface area contributed by atoms with E-state index < -0.39 is 0 Å². The molecule has 1 unspecified atom stereocenters. The minimum atomic E-state index is 0. The molecule has 1 saturated heterocycles. The Hall–Kier alpha value is -0.870. The van der Waals surface area contributed by atoms with E-state index in [4.69, 9.17) is 0 Å². The van der Waals surface area contributed by atoms with E-state index in [0.29, 0.717) is 18.4 Å². The molecule has 1 aliphatic rings. The smallest absolute Gasteiger partial charge is 0.220 e. The number of carbonyl (C=O) groups is 1. The number of aliphatic imine (C=N–C) groups is 1. The molecule has 0 radical (unpaired) electrons. The molecule has 2 rings (SSSR count). The Morgan fingerprint density at radius 2 is 2.04 bits per heavy atom. The van der Waals surface area contributed by atoms with Gasteiger partial charge < -0.3 is 15.5 Å². The van der Waals surface area contributed by atoms with Crippen molar-refractivity contribution in [1.82, 2.24) is 20.4 Å². The molecule has 1 aliphatic heterocycles. The van der Waals surface area contributed by atoms with Crippen LogP contribution >= 0.6 is 35.3 Å². The predicted molar refractivity (Wildman–Crippen MR) is 130 cm³/mol. The molecule has 1 amide bonds. The van der Waals surface area contributed by atoms with Crippen molar-refractivity contribution in [3.8, 4) is 0 Å². The highest BCUT2D eigenvalue weighted by atomic mass is 127. The van der Waals surface area contributed by atoms with Crippen LogP contribution in [-0.4, -0.2) is 68.5 Å². The summed E-state index contributed by atoms with van der Waals surface area (Å²) in [6.07, 6.45) is 2.72. The predicted octanol–water partition coefficient (Wildman–Crippen LogP) is 3.17. The lowest BCUT2D eigenvalue weighted by Gasteiger charge is -2.35. The van der Waals surface area contributed by atoms with E-state index in [-0.39, 0.29) is 29.9 Å². The van der Waals surface area contributed by atoms with E-state index in [2.05, 4.69) is 56.1 Å². The van der Waals surface area contributed by atoms with Crippen molar-refractivity contribution in [3.63, 3.8) is 0 Å². The van der Waals surface area contributed by atoms with Crippen LogP contribution in [0.2, 0.25) is 0 Å². The number of nitrogens with one attached hydrogen (secondary N) is 2. The second-order valence-corrected chi connectivity index (χ2v) is 7.81. The molecule has 2 heterocycles. The number of piperidine rings is 1. The van der Waals surface area contributed by atoms with E-state index in [9.17, 15) is 4.79 Å². The average Bonchev–Trinajstić information content (AvgIpc) is 3.23. The number of nitrogens with zero attached hydrogens (tertiary/aromatic N) is 3. The van der Waals surface area contributed by atoms with Crippen LogP contribution in [0.5, 0.6) is 0 Å². The summed E-state index contributed by atoms with van der Waals surface area (Å²) in [5.41, 5.74) is 1.37. The van der Waals surface area contributed by atoms with Gasteiger partial charge in [-0.05, 0) is 54.2 Å². The normalized spacial score (nSPS) is 16.6. The minimum absolute atomic E-state index is 0. The van der Waals surface area contributed by atoms with Gasteiger partial charge in [-0.1, -0.05) is 13.8 Å². The lowest BCUT2D eigenvalue weighted by Crippen LogP contribution is -2.48. The Morgan fingerprint density at radius 3 is 2.54 bits per heavy atom. The van der Waals surface area contributed by atoms with Gasteiger partial charge in [-0.2, -0.15) is 11.3 Å². The molecule has 0 bridgehead atoms. The maximum absolute atomic E-state index is 11.6. The van der Waals surface area contributed by atoms with Crippen molar-refractivity contribution in [2.45, 2.75) is 39.2 Å². The topological polar surface area (TPSA) is 60.0 Å². The SMILES string of the molecule is CCN(CC)C(CNC(=NC)N1CCC(CC(=O)NC)CC1)c1ccsc1.I. The molecule has 1 aromatic rings. The third kappa shape index (κ3) is 7.18. The van der Waals surface area contributed by atoms with E-state index >= 15 is 0 Å². The number of hydrogen-bond acceptors (Lipinski definition) is 4. The highest BCUT2D eigenvalue weighted by molar-refractivity contribution is 14.0. The third-order valence-corrected chi connectivity index (χ3v) is 6.21. The van der Waals surface area contributed by atoms with Gasteiger partial charge in [-0.3, -0.25) is 14.7 Å². The Bertz CT molecular complexity index is 583. The maximum Gasteiger partial charge on any atom is 0.220 e. The van der Waals surface area contributed by atoms with Gasteiger partial charge in [0.1, 0.15) is 0 Å². The van der Waals surface area contributed by atoms with Crippen LogP contribution in [0.1, 0.15) is 44.7 Å². The molecule has 28 heavy (non-hydrogen) atoms. The number of carbonyl (C=O) groups excluding carboxylic acids is 1. The first kappa shape index (κ1) is 25.2. The van der Waals surface area contributed by atoms with Crippen molar-refractivity contribution in [1.29, 1.82) is 0 Å². The fourth-order valence-electron chi connectivity index (χ4n) is 3.82. The second-order valence-electron chi connectivity index (χ2n) is 7.03. The van der Waals surface area contributed by atoms with Crippen molar-refractivity contribution in [2.24, 2.45) is 10.9 Å². The molecule has 8 heteroatoms. The monoisotopic (exact) mass is 521 g/mol. The zero-order chi connectivity index (χ0) is 19.6. The van der Waals surface area contributed by atoms with Crippen LogP contribution in [0.4, 0.5) is 0 Å². The van der Waals surface area contributed by atoms with Gasteiger partial charge in [0.05, 0.1) is 6.04 Å². The summed E-state index contributed by atoms with van der Waals surface area (Å²) in [4.78, 5) is 20.9. The molecule has 1 atom stereocenters. The van der Waals surface area contributed by atoms with E-state index in [0.717, 1.165) is 51.5 Å². The van der Waals surface area contributed by atoms with Crippen LogP contribution in [-0.2, 0) is 4.79 Å². The molecule has 0 aromatic carbocycles. The molecule has 1 fully saturated rings. The number of hydrogen-bond donors (Lipinski definition) is 2. The minimum Gasteiger partial charge on any atom is -0.359 e. The Kier molecular flexibility index (Phi) is 12.0. The van der Waals surface area contributed by atoms with Crippen molar-refractivity contribution in [2.75, 3.05) is 46.8 Å². The van der Waals surface area contributed by atoms with Gasteiger partial charge in [0, 0.05) is 40.2 Å². The molecule has 2 N–H and O–H groups in total. The Balaban J connectivity index is 0.00000392. The largest absolute Gasteiger partial charge is 0.359 e. The highest BCUT2D eigenvalue weighted by Crippen LogP contribution is 2.23. The van der Waals surface area contributed by atoms with Gasteiger partial charge in [0.25, 0.3) is 0 Å². The standard InChI is InChI=1S/C20H35N5OS.HI/c1-5-24(6-2)18(17-9-12-27-15-17)14-23-20(22-4)25-10-7-16(8-11-25)13-19(26)21-3;/h9,12,15-16,18H,5-8,10-11,13-14H2,1-4H3,(H,21,26)(H,22,23);1H.